The maximum Gasteiger partial charge on any atom is 0.337 e. The number of hydrogen-bond donors (Lipinski definition) is 0. The minimum absolute atomic E-state index is 0.0208. The lowest BCUT2D eigenvalue weighted by atomic mass is 10.2. The maximum absolute atomic E-state index is 12.8. The summed E-state index contributed by atoms with van der Waals surface area (Å²) in [5.41, 5.74) is 0.233. The molecule has 0 spiro atoms. The molecule has 0 radical (unpaired) electrons. The van der Waals surface area contributed by atoms with Crippen molar-refractivity contribution in [2.75, 3.05) is 20.8 Å². The minimum Gasteiger partial charge on any atom is -0.465 e. The Balaban J connectivity index is 1.90. The summed E-state index contributed by atoms with van der Waals surface area (Å²) in [4.78, 5) is 35.9. The summed E-state index contributed by atoms with van der Waals surface area (Å²) in [6, 6.07) is 10.6. The van der Waals surface area contributed by atoms with Crippen molar-refractivity contribution in [3.63, 3.8) is 0 Å². The van der Waals surface area contributed by atoms with Gasteiger partial charge in [-0.1, -0.05) is 0 Å². The number of ether oxygens (including phenoxy) is 4. The Morgan fingerprint density at radius 1 is 1.00 bits per heavy atom. The molecule has 150 valence electrons. The van der Waals surface area contributed by atoms with Gasteiger partial charge in [0.1, 0.15) is 29.4 Å². The maximum atomic E-state index is 12.8. The largest absolute Gasteiger partial charge is 0.465 e. The second-order valence-electron chi connectivity index (χ2n) is 6.00. The zero-order valence-electron chi connectivity index (χ0n) is 16.0. The van der Waals surface area contributed by atoms with Crippen molar-refractivity contribution in [3.8, 4) is 17.2 Å². The first kappa shape index (κ1) is 20.1. The summed E-state index contributed by atoms with van der Waals surface area (Å²) in [6.07, 6.45) is 0. The molecule has 0 saturated heterocycles. The Labute approximate surface area is 165 Å². The number of benzene rings is 2. The average molecular weight is 398 g/mol. The molecular weight excluding hydrogens is 380 g/mol. The van der Waals surface area contributed by atoms with Gasteiger partial charge in [-0.3, -0.25) is 4.79 Å². The van der Waals surface area contributed by atoms with Crippen molar-refractivity contribution < 1.29 is 33.0 Å². The van der Waals surface area contributed by atoms with Crippen LogP contribution in [-0.2, 0) is 14.3 Å². The molecule has 2 aromatic carbocycles. The molecule has 0 aliphatic heterocycles. The van der Waals surface area contributed by atoms with Crippen molar-refractivity contribution in [1.29, 1.82) is 0 Å². The van der Waals surface area contributed by atoms with Crippen LogP contribution in [0.1, 0.15) is 16.1 Å². The van der Waals surface area contributed by atoms with Crippen LogP contribution in [-0.4, -0.2) is 32.8 Å². The van der Waals surface area contributed by atoms with Gasteiger partial charge in [0.05, 0.1) is 18.1 Å². The Kier molecular flexibility index (Phi) is 5.94. The van der Waals surface area contributed by atoms with Crippen molar-refractivity contribution in [2.45, 2.75) is 6.92 Å². The van der Waals surface area contributed by atoms with Crippen molar-refractivity contribution in [3.05, 3.63) is 64.0 Å². The van der Waals surface area contributed by atoms with E-state index in [2.05, 4.69) is 4.74 Å². The second-order valence-corrected chi connectivity index (χ2v) is 6.00. The van der Waals surface area contributed by atoms with Gasteiger partial charge in [0, 0.05) is 13.2 Å². The van der Waals surface area contributed by atoms with Crippen molar-refractivity contribution >= 4 is 22.9 Å². The molecular formula is C21H18O8. The first-order valence-electron chi connectivity index (χ1n) is 8.56. The number of carbonyl (C=O) groups excluding carboxylic acids is 2. The number of methoxy groups -OCH3 is 2. The fourth-order valence-electron chi connectivity index (χ4n) is 2.62. The molecule has 0 N–H and O–H groups in total. The molecule has 0 fully saturated rings. The molecule has 1 heterocycles. The van der Waals surface area contributed by atoms with Crippen molar-refractivity contribution in [1.82, 2.24) is 0 Å². The fourth-order valence-corrected chi connectivity index (χ4v) is 2.62. The summed E-state index contributed by atoms with van der Waals surface area (Å²) < 4.78 is 25.8. The smallest absolute Gasteiger partial charge is 0.337 e. The van der Waals surface area contributed by atoms with Gasteiger partial charge in [-0.2, -0.15) is 0 Å². The molecule has 0 unspecified atom stereocenters. The Morgan fingerprint density at radius 3 is 2.34 bits per heavy atom. The number of aryl methyl sites for hydroxylation is 1. The predicted octanol–water partition coefficient (Wildman–Crippen LogP) is 3.23. The van der Waals surface area contributed by atoms with Gasteiger partial charge >= 0.3 is 11.9 Å². The highest BCUT2D eigenvalue weighted by molar-refractivity contribution is 5.89. The third-order valence-corrected chi connectivity index (χ3v) is 3.98. The third-order valence-electron chi connectivity index (χ3n) is 3.98. The van der Waals surface area contributed by atoms with E-state index in [-0.39, 0.29) is 40.3 Å². The lowest BCUT2D eigenvalue weighted by Gasteiger charge is -2.10. The Bertz CT molecular complexity index is 1110. The van der Waals surface area contributed by atoms with Crippen LogP contribution in [0.25, 0.3) is 11.0 Å². The summed E-state index contributed by atoms with van der Waals surface area (Å²) in [5, 5.41) is 0.267. The number of hydrogen-bond acceptors (Lipinski definition) is 8. The highest BCUT2D eigenvalue weighted by atomic mass is 16.6. The molecule has 0 amide bonds. The van der Waals surface area contributed by atoms with Gasteiger partial charge in [-0.05, 0) is 43.3 Å². The fraction of sp³-hybridized carbons (Fsp3) is 0.190. The van der Waals surface area contributed by atoms with Gasteiger partial charge in [-0.15, -0.1) is 0 Å². The van der Waals surface area contributed by atoms with Gasteiger partial charge in [0.2, 0.25) is 11.2 Å². The van der Waals surface area contributed by atoms with E-state index in [1.807, 2.05) is 0 Å². The zero-order valence-corrected chi connectivity index (χ0v) is 16.0. The summed E-state index contributed by atoms with van der Waals surface area (Å²) in [7, 11) is 2.68. The molecule has 29 heavy (non-hydrogen) atoms. The molecule has 0 atom stereocenters. The zero-order chi connectivity index (χ0) is 21.0. The topological polar surface area (TPSA) is 101 Å². The predicted molar refractivity (Wildman–Crippen MR) is 103 cm³/mol. The SMILES string of the molecule is COCC(=O)Oc1ccc2c(=O)c(Oc3ccc(C(=O)OC)cc3)c(C)oc2c1. The van der Waals surface area contributed by atoms with Gasteiger partial charge in [-0.25, -0.2) is 9.59 Å². The lowest BCUT2D eigenvalue weighted by molar-refractivity contribution is -0.138. The van der Waals surface area contributed by atoms with Crippen LogP contribution >= 0.6 is 0 Å². The first-order valence-corrected chi connectivity index (χ1v) is 8.56. The molecule has 0 saturated carbocycles. The van der Waals surface area contributed by atoms with Crippen LogP contribution in [0.15, 0.2) is 51.7 Å². The van der Waals surface area contributed by atoms with Crippen molar-refractivity contribution in [2.24, 2.45) is 0 Å². The van der Waals surface area contributed by atoms with Gasteiger partial charge < -0.3 is 23.4 Å². The molecule has 8 heteroatoms. The van der Waals surface area contributed by atoms with E-state index < -0.39 is 11.9 Å². The third kappa shape index (κ3) is 4.44. The molecule has 3 aromatic rings. The second kappa shape index (κ2) is 8.57. The highest BCUT2D eigenvalue weighted by Crippen LogP contribution is 2.27. The highest BCUT2D eigenvalue weighted by Gasteiger charge is 2.16. The number of fused-ring (bicyclic) bond motifs is 1. The normalized spacial score (nSPS) is 10.6. The van der Waals surface area contributed by atoms with E-state index in [0.717, 1.165) is 0 Å². The van der Waals surface area contributed by atoms with Crippen LogP contribution < -0.4 is 14.9 Å². The Morgan fingerprint density at radius 2 is 1.69 bits per heavy atom. The molecule has 3 rings (SSSR count). The summed E-state index contributed by atoms with van der Waals surface area (Å²) in [5.74, 6) is -0.180. The van der Waals surface area contributed by atoms with Crippen LogP contribution in [0.5, 0.6) is 17.2 Å². The molecule has 0 bridgehead atoms. The van der Waals surface area contributed by atoms with E-state index in [4.69, 9.17) is 18.6 Å². The molecule has 8 nitrogen and oxygen atoms in total. The molecule has 0 aliphatic rings. The van der Waals surface area contributed by atoms with Gasteiger partial charge in [0.25, 0.3) is 0 Å². The van der Waals surface area contributed by atoms with Crippen LogP contribution in [0.4, 0.5) is 0 Å². The molecule has 1 aromatic heterocycles. The summed E-state index contributed by atoms with van der Waals surface area (Å²) >= 11 is 0. The minimum atomic E-state index is -0.568. The lowest BCUT2D eigenvalue weighted by Crippen LogP contribution is -2.14. The standard InChI is InChI=1S/C21H18O8/c1-12-20(29-14-6-4-13(5-7-14)21(24)26-3)19(23)16-9-8-15(10-17(16)27-12)28-18(22)11-25-2/h4-10H,11H2,1-3H3. The van der Waals surface area contributed by atoms with E-state index in [1.165, 1.54) is 44.6 Å². The summed E-state index contributed by atoms with van der Waals surface area (Å²) in [6.45, 7) is 1.39. The van der Waals surface area contributed by atoms with E-state index in [0.29, 0.717) is 11.3 Å². The van der Waals surface area contributed by atoms with E-state index in [1.54, 1.807) is 19.1 Å². The van der Waals surface area contributed by atoms with E-state index >= 15 is 0 Å². The number of esters is 2. The number of rotatable bonds is 6. The van der Waals surface area contributed by atoms with Gasteiger partial charge in [0.15, 0.2) is 0 Å². The average Bonchev–Trinajstić information content (AvgIpc) is 2.71. The first-order chi connectivity index (χ1) is 13.9. The molecule has 0 aliphatic carbocycles. The van der Waals surface area contributed by atoms with E-state index in [9.17, 15) is 14.4 Å². The quantitative estimate of drug-likeness (QED) is 0.461. The van der Waals surface area contributed by atoms with Crippen LogP contribution in [0.3, 0.4) is 0 Å². The van der Waals surface area contributed by atoms with Crippen LogP contribution in [0, 0.1) is 6.92 Å². The monoisotopic (exact) mass is 398 g/mol. The Hall–Kier alpha value is -3.65. The van der Waals surface area contributed by atoms with Crippen LogP contribution in [0.2, 0.25) is 0 Å². The number of carbonyl (C=O) groups is 2.